The molecular weight excluding hydrogens is 262 g/mol. The standard InChI is InChI=1S/C17H33N3O/c1-18-11-7-6-10-16(18)14-17(21)20(3)13-12-19(2)15-8-4-5-9-15/h15-16H,4-14H2,1-3H3. The van der Waals surface area contributed by atoms with Gasteiger partial charge < -0.3 is 14.7 Å². The molecule has 1 unspecified atom stereocenters. The molecule has 1 heterocycles. The van der Waals surface area contributed by atoms with Gasteiger partial charge in [-0.25, -0.2) is 0 Å². The first-order chi connectivity index (χ1) is 10.1. The Morgan fingerprint density at radius 3 is 2.38 bits per heavy atom. The highest BCUT2D eigenvalue weighted by atomic mass is 16.2. The Kier molecular flexibility index (Phi) is 6.49. The van der Waals surface area contributed by atoms with E-state index in [2.05, 4.69) is 23.9 Å². The zero-order chi connectivity index (χ0) is 15.2. The van der Waals surface area contributed by atoms with E-state index in [0.717, 1.165) is 25.7 Å². The van der Waals surface area contributed by atoms with Crippen LogP contribution in [0.3, 0.4) is 0 Å². The molecule has 0 aromatic rings. The van der Waals surface area contributed by atoms with Crippen molar-refractivity contribution in [1.82, 2.24) is 14.7 Å². The van der Waals surface area contributed by atoms with E-state index in [-0.39, 0.29) is 0 Å². The van der Waals surface area contributed by atoms with Crippen molar-refractivity contribution in [3.05, 3.63) is 0 Å². The molecule has 2 aliphatic rings. The van der Waals surface area contributed by atoms with Crippen LogP contribution in [0.15, 0.2) is 0 Å². The Labute approximate surface area is 130 Å². The molecule has 0 spiro atoms. The molecule has 21 heavy (non-hydrogen) atoms. The van der Waals surface area contributed by atoms with Crippen LogP contribution in [-0.2, 0) is 4.79 Å². The maximum atomic E-state index is 12.4. The van der Waals surface area contributed by atoms with E-state index < -0.39 is 0 Å². The van der Waals surface area contributed by atoms with Crippen LogP contribution in [0.4, 0.5) is 0 Å². The lowest BCUT2D eigenvalue weighted by Crippen LogP contribution is -2.43. The van der Waals surface area contributed by atoms with Gasteiger partial charge in [-0.3, -0.25) is 4.79 Å². The molecule has 0 N–H and O–H groups in total. The summed E-state index contributed by atoms with van der Waals surface area (Å²) in [6, 6.07) is 1.21. The van der Waals surface area contributed by atoms with E-state index >= 15 is 0 Å². The van der Waals surface area contributed by atoms with Crippen molar-refractivity contribution in [2.24, 2.45) is 0 Å². The molecule has 1 aliphatic carbocycles. The fourth-order valence-electron chi connectivity index (χ4n) is 3.72. The minimum absolute atomic E-state index is 0.313. The lowest BCUT2D eigenvalue weighted by Gasteiger charge is -2.33. The van der Waals surface area contributed by atoms with E-state index in [0.29, 0.717) is 18.4 Å². The second kappa shape index (κ2) is 8.14. The molecule has 2 rings (SSSR count). The van der Waals surface area contributed by atoms with Gasteiger partial charge >= 0.3 is 0 Å². The van der Waals surface area contributed by atoms with Crippen molar-refractivity contribution in [3.63, 3.8) is 0 Å². The number of hydrogen-bond acceptors (Lipinski definition) is 3. The first-order valence-electron chi connectivity index (χ1n) is 8.72. The maximum absolute atomic E-state index is 12.4. The van der Waals surface area contributed by atoms with Crippen LogP contribution in [0.5, 0.6) is 0 Å². The highest BCUT2D eigenvalue weighted by molar-refractivity contribution is 5.76. The highest BCUT2D eigenvalue weighted by Gasteiger charge is 2.24. The molecule has 1 atom stereocenters. The summed E-state index contributed by atoms with van der Waals surface area (Å²) in [6.45, 7) is 3.02. The van der Waals surface area contributed by atoms with Gasteiger partial charge in [0.2, 0.25) is 5.91 Å². The second-order valence-electron chi connectivity index (χ2n) is 7.07. The molecular formula is C17H33N3O. The quantitative estimate of drug-likeness (QED) is 0.751. The van der Waals surface area contributed by atoms with Crippen LogP contribution in [0, 0.1) is 0 Å². The van der Waals surface area contributed by atoms with Gasteiger partial charge in [-0.05, 0) is 46.3 Å². The third-order valence-electron chi connectivity index (χ3n) is 5.49. The van der Waals surface area contributed by atoms with Crippen molar-refractivity contribution in [2.75, 3.05) is 40.8 Å². The Balaban J connectivity index is 1.69. The molecule has 0 aromatic carbocycles. The van der Waals surface area contributed by atoms with Crippen molar-refractivity contribution >= 4 is 5.91 Å². The van der Waals surface area contributed by atoms with Gasteiger partial charge in [0.05, 0.1) is 0 Å². The normalized spacial score (nSPS) is 24.7. The van der Waals surface area contributed by atoms with E-state index in [1.807, 2.05) is 11.9 Å². The fraction of sp³-hybridized carbons (Fsp3) is 0.941. The summed E-state index contributed by atoms with van der Waals surface area (Å²) in [5.74, 6) is 0.313. The number of carbonyl (C=O) groups excluding carboxylic acids is 1. The Bertz CT molecular complexity index is 328. The number of amides is 1. The summed E-state index contributed by atoms with van der Waals surface area (Å²) >= 11 is 0. The van der Waals surface area contributed by atoms with Crippen LogP contribution < -0.4 is 0 Å². The molecule has 1 aliphatic heterocycles. The summed E-state index contributed by atoms with van der Waals surface area (Å²) in [4.78, 5) is 19.1. The van der Waals surface area contributed by atoms with Gasteiger partial charge in [0.1, 0.15) is 0 Å². The zero-order valence-electron chi connectivity index (χ0n) is 14.2. The lowest BCUT2D eigenvalue weighted by atomic mass is 9.99. The van der Waals surface area contributed by atoms with E-state index in [4.69, 9.17) is 0 Å². The van der Waals surface area contributed by atoms with Crippen LogP contribution in [0.2, 0.25) is 0 Å². The first-order valence-corrected chi connectivity index (χ1v) is 8.72. The average molecular weight is 295 g/mol. The molecule has 0 aromatic heterocycles. The molecule has 1 saturated heterocycles. The summed E-state index contributed by atoms with van der Waals surface area (Å²) in [5.41, 5.74) is 0. The van der Waals surface area contributed by atoms with Crippen molar-refractivity contribution < 1.29 is 4.79 Å². The lowest BCUT2D eigenvalue weighted by molar-refractivity contribution is -0.131. The summed E-state index contributed by atoms with van der Waals surface area (Å²) in [5, 5.41) is 0. The van der Waals surface area contributed by atoms with Crippen molar-refractivity contribution in [3.8, 4) is 0 Å². The predicted molar refractivity (Wildman–Crippen MR) is 87.4 cm³/mol. The largest absolute Gasteiger partial charge is 0.344 e. The molecule has 4 nitrogen and oxygen atoms in total. The van der Waals surface area contributed by atoms with Gasteiger partial charge in [-0.15, -0.1) is 0 Å². The molecule has 1 saturated carbocycles. The third kappa shape index (κ3) is 4.96. The molecule has 4 heteroatoms. The number of likely N-dealkylation sites (tertiary alicyclic amines) is 1. The number of hydrogen-bond donors (Lipinski definition) is 0. The number of rotatable bonds is 6. The second-order valence-corrected chi connectivity index (χ2v) is 7.07. The minimum Gasteiger partial charge on any atom is -0.344 e. The van der Waals surface area contributed by atoms with Crippen LogP contribution in [-0.4, -0.2) is 73.5 Å². The van der Waals surface area contributed by atoms with Gasteiger partial charge in [0.25, 0.3) is 0 Å². The van der Waals surface area contributed by atoms with Gasteiger partial charge in [-0.2, -0.15) is 0 Å². The average Bonchev–Trinajstić information content (AvgIpc) is 3.01. The smallest absolute Gasteiger partial charge is 0.223 e. The zero-order valence-corrected chi connectivity index (χ0v) is 14.2. The molecule has 1 amide bonds. The number of piperidine rings is 1. The van der Waals surface area contributed by atoms with Crippen LogP contribution in [0.1, 0.15) is 51.4 Å². The summed E-state index contributed by atoms with van der Waals surface area (Å²) in [7, 11) is 6.34. The van der Waals surface area contributed by atoms with E-state index in [9.17, 15) is 4.79 Å². The molecule has 0 radical (unpaired) electrons. The molecule has 122 valence electrons. The summed E-state index contributed by atoms with van der Waals surface area (Å²) < 4.78 is 0. The molecule has 2 fully saturated rings. The Morgan fingerprint density at radius 1 is 1.05 bits per heavy atom. The maximum Gasteiger partial charge on any atom is 0.223 e. The first kappa shape index (κ1) is 16.8. The Hall–Kier alpha value is -0.610. The fourth-order valence-corrected chi connectivity index (χ4v) is 3.72. The number of nitrogens with zero attached hydrogens (tertiary/aromatic N) is 3. The highest BCUT2D eigenvalue weighted by Crippen LogP contribution is 2.22. The number of likely N-dealkylation sites (N-methyl/N-ethyl adjacent to an activating group) is 2. The van der Waals surface area contributed by atoms with Gasteiger partial charge in [-0.1, -0.05) is 19.3 Å². The molecule has 0 bridgehead atoms. The van der Waals surface area contributed by atoms with Crippen molar-refractivity contribution in [2.45, 2.75) is 63.5 Å². The van der Waals surface area contributed by atoms with Gasteiger partial charge in [0, 0.05) is 38.6 Å². The van der Waals surface area contributed by atoms with Crippen LogP contribution in [0.25, 0.3) is 0 Å². The van der Waals surface area contributed by atoms with Crippen molar-refractivity contribution in [1.29, 1.82) is 0 Å². The SMILES string of the molecule is CN(CCN(C)C1CCCC1)C(=O)CC1CCCCN1C. The monoisotopic (exact) mass is 295 g/mol. The Morgan fingerprint density at radius 2 is 1.71 bits per heavy atom. The number of carbonyl (C=O) groups is 1. The van der Waals surface area contributed by atoms with Crippen LogP contribution >= 0.6 is 0 Å². The predicted octanol–water partition coefficient (Wildman–Crippen LogP) is 2.19. The third-order valence-corrected chi connectivity index (χ3v) is 5.49. The summed E-state index contributed by atoms with van der Waals surface area (Å²) in [6.07, 6.45) is 9.84. The topological polar surface area (TPSA) is 26.8 Å². The van der Waals surface area contributed by atoms with Gasteiger partial charge in [0.15, 0.2) is 0 Å². The minimum atomic E-state index is 0.313. The van der Waals surface area contributed by atoms with E-state index in [1.54, 1.807) is 0 Å². The van der Waals surface area contributed by atoms with E-state index in [1.165, 1.54) is 44.9 Å².